The number of methoxy groups -OCH3 is 1. The van der Waals surface area contributed by atoms with E-state index >= 15 is 0 Å². The lowest BCUT2D eigenvalue weighted by Gasteiger charge is -2.34. The Balaban J connectivity index is 1.53. The van der Waals surface area contributed by atoms with Crippen molar-refractivity contribution in [3.63, 3.8) is 0 Å². The summed E-state index contributed by atoms with van der Waals surface area (Å²) in [6.45, 7) is 11.2. The number of hydrogen-bond donors (Lipinski definition) is 0. The van der Waals surface area contributed by atoms with Crippen molar-refractivity contribution in [3.8, 4) is 11.5 Å². The first-order valence-corrected chi connectivity index (χ1v) is 9.48. The monoisotopic (exact) mass is 354 g/mol. The zero-order valence-corrected chi connectivity index (χ0v) is 16.2. The van der Waals surface area contributed by atoms with Crippen LogP contribution in [0.5, 0.6) is 11.5 Å². The first-order chi connectivity index (χ1) is 12.7. The molecule has 1 saturated heterocycles. The van der Waals surface area contributed by atoms with E-state index in [0.29, 0.717) is 6.61 Å². The number of aryl methyl sites for hydroxylation is 1. The Labute approximate surface area is 157 Å². The Morgan fingerprint density at radius 1 is 0.846 bits per heavy atom. The predicted molar refractivity (Wildman–Crippen MR) is 106 cm³/mol. The van der Waals surface area contributed by atoms with Crippen molar-refractivity contribution in [2.75, 3.05) is 39.9 Å². The van der Waals surface area contributed by atoms with Crippen LogP contribution in [0.4, 0.5) is 0 Å². The quantitative estimate of drug-likeness (QED) is 0.757. The maximum absolute atomic E-state index is 5.70. The summed E-state index contributed by atoms with van der Waals surface area (Å²) in [5.74, 6) is 1.64. The average molecular weight is 354 g/mol. The minimum atomic E-state index is 0.650. The van der Waals surface area contributed by atoms with Crippen molar-refractivity contribution in [3.05, 3.63) is 59.2 Å². The van der Waals surface area contributed by atoms with Gasteiger partial charge in [-0.3, -0.25) is 9.80 Å². The van der Waals surface area contributed by atoms with E-state index in [4.69, 9.17) is 9.47 Å². The highest BCUT2D eigenvalue weighted by atomic mass is 16.5. The summed E-state index contributed by atoms with van der Waals surface area (Å²) in [5, 5.41) is 0. The lowest BCUT2D eigenvalue weighted by atomic mass is 10.1. The highest BCUT2D eigenvalue weighted by Gasteiger charge is 2.17. The molecule has 0 bridgehead atoms. The van der Waals surface area contributed by atoms with Gasteiger partial charge in [-0.25, -0.2) is 0 Å². The number of hydrogen-bond acceptors (Lipinski definition) is 4. The van der Waals surface area contributed by atoms with Crippen molar-refractivity contribution in [2.24, 2.45) is 0 Å². The lowest BCUT2D eigenvalue weighted by molar-refractivity contribution is 0.122. The minimum Gasteiger partial charge on any atom is -0.493 e. The zero-order chi connectivity index (χ0) is 18.4. The van der Waals surface area contributed by atoms with Crippen molar-refractivity contribution >= 4 is 0 Å². The molecule has 1 aliphatic heterocycles. The lowest BCUT2D eigenvalue weighted by Crippen LogP contribution is -2.45. The molecule has 0 saturated carbocycles. The van der Waals surface area contributed by atoms with E-state index in [0.717, 1.165) is 50.8 Å². The molecule has 0 radical (unpaired) electrons. The van der Waals surface area contributed by atoms with E-state index < -0.39 is 0 Å². The topological polar surface area (TPSA) is 24.9 Å². The Hall–Kier alpha value is -2.04. The molecule has 0 atom stereocenters. The maximum atomic E-state index is 5.70. The summed E-state index contributed by atoms with van der Waals surface area (Å²) < 4.78 is 11.1. The predicted octanol–water partition coefficient (Wildman–Crippen LogP) is 3.72. The Kier molecular flexibility index (Phi) is 6.53. The van der Waals surface area contributed by atoms with Crippen molar-refractivity contribution in [1.29, 1.82) is 0 Å². The number of rotatable bonds is 7. The van der Waals surface area contributed by atoms with Gasteiger partial charge in [0.1, 0.15) is 0 Å². The van der Waals surface area contributed by atoms with Crippen LogP contribution >= 0.6 is 0 Å². The van der Waals surface area contributed by atoms with Gasteiger partial charge < -0.3 is 9.47 Å². The first kappa shape index (κ1) is 18.7. The van der Waals surface area contributed by atoms with Crippen LogP contribution in [0.15, 0.2) is 42.5 Å². The molecule has 26 heavy (non-hydrogen) atoms. The van der Waals surface area contributed by atoms with Crippen LogP contribution < -0.4 is 9.47 Å². The van der Waals surface area contributed by atoms with Crippen LogP contribution in [0, 0.1) is 6.92 Å². The number of benzene rings is 2. The normalized spacial score (nSPS) is 15.8. The Bertz CT molecular complexity index is 709. The minimum absolute atomic E-state index is 0.650. The maximum Gasteiger partial charge on any atom is 0.161 e. The van der Waals surface area contributed by atoms with Gasteiger partial charge in [-0.1, -0.05) is 35.9 Å². The molecule has 2 aromatic rings. The van der Waals surface area contributed by atoms with Gasteiger partial charge in [-0.05, 0) is 37.1 Å². The summed E-state index contributed by atoms with van der Waals surface area (Å²) in [7, 11) is 1.69. The highest BCUT2D eigenvalue weighted by Crippen LogP contribution is 2.28. The van der Waals surface area contributed by atoms with Gasteiger partial charge in [-0.2, -0.15) is 0 Å². The molecule has 0 unspecified atom stereocenters. The van der Waals surface area contributed by atoms with Crippen molar-refractivity contribution in [1.82, 2.24) is 9.80 Å². The molecule has 140 valence electrons. The fourth-order valence-corrected chi connectivity index (χ4v) is 3.52. The van der Waals surface area contributed by atoms with Gasteiger partial charge in [0, 0.05) is 39.3 Å². The SMILES string of the molecule is CCOc1cc(CN2CCN(Cc3cccc(C)c3)CC2)ccc1OC. The smallest absolute Gasteiger partial charge is 0.161 e. The van der Waals surface area contributed by atoms with Crippen LogP contribution in [0.3, 0.4) is 0 Å². The highest BCUT2D eigenvalue weighted by molar-refractivity contribution is 5.43. The standard InChI is InChI=1S/C22H30N2O2/c1-4-26-22-15-20(8-9-21(22)25-3)17-24-12-10-23(11-13-24)16-19-7-5-6-18(2)14-19/h5-9,14-15H,4,10-13,16-17H2,1-3H3. The van der Waals surface area contributed by atoms with Crippen LogP contribution in [-0.4, -0.2) is 49.7 Å². The third-order valence-corrected chi connectivity index (χ3v) is 4.89. The van der Waals surface area contributed by atoms with E-state index in [-0.39, 0.29) is 0 Å². The van der Waals surface area contributed by atoms with Crippen LogP contribution in [0.1, 0.15) is 23.6 Å². The van der Waals surface area contributed by atoms with E-state index in [9.17, 15) is 0 Å². The molecule has 2 aromatic carbocycles. The molecule has 0 aromatic heterocycles. The largest absolute Gasteiger partial charge is 0.493 e. The fraction of sp³-hybridized carbons (Fsp3) is 0.455. The third-order valence-electron chi connectivity index (χ3n) is 4.89. The van der Waals surface area contributed by atoms with Gasteiger partial charge in [0.2, 0.25) is 0 Å². The van der Waals surface area contributed by atoms with Crippen LogP contribution in [-0.2, 0) is 13.1 Å². The molecule has 0 amide bonds. The van der Waals surface area contributed by atoms with Gasteiger partial charge in [-0.15, -0.1) is 0 Å². The second kappa shape index (κ2) is 9.06. The average Bonchev–Trinajstić information content (AvgIpc) is 2.64. The first-order valence-electron chi connectivity index (χ1n) is 9.48. The molecule has 3 rings (SSSR count). The molecular weight excluding hydrogens is 324 g/mol. The summed E-state index contributed by atoms with van der Waals surface area (Å²) in [6.07, 6.45) is 0. The molecule has 4 nitrogen and oxygen atoms in total. The molecule has 1 fully saturated rings. The van der Waals surface area contributed by atoms with Crippen LogP contribution in [0.2, 0.25) is 0 Å². The van der Waals surface area contributed by atoms with E-state index in [1.807, 2.05) is 13.0 Å². The Morgan fingerprint density at radius 2 is 1.50 bits per heavy atom. The molecule has 0 N–H and O–H groups in total. The second-order valence-electron chi connectivity index (χ2n) is 6.96. The second-order valence-corrected chi connectivity index (χ2v) is 6.96. The van der Waals surface area contributed by atoms with Crippen molar-refractivity contribution < 1.29 is 9.47 Å². The molecule has 1 heterocycles. The molecule has 4 heteroatoms. The molecule has 1 aliphatic rings. The molecular formula is C22H30N2O2. The van der Waals surface area contributed by atoms with Gasteiger partial charge in [0.25, 0.3) is 0 Å². The summed E-state index contributed by atoms with van der Waals surface area (Å²) in [5.41, 5.74) is 4.03. The van der Waals surface area contributed by atoms with Gasteiger partial charge in [0.05, 0.1) is 13.7 Å². The van der Waals surface area contributed by atoms with E-state index in [2.05, 4.69) is 53.1 Å². The van der Waals surface area contributed by atoms with Crippen LogP contribution in [0.25, 0.3) is 0 Å². The number of ether oxygens (including phenoxy) is 2. The number of nitrogens with zero attached hydrogens (tertiary/aromatic N) is 2. The number of piperazine rings is 1. The van der Waals surface area contributed by atoms with Crippen molar-refractivity contribution in [2.45, 2.75) is 26.9 Å². The summed E-state index contributed by atoms with van der Waals surface area (Å²) >= 11 is 0. The Morgan fingerprint density at radius 3 is 2.08 bits per heavy atom. The fourth-order valence-electron chi connectivity index (χ4n) is 3.52. The summed E-state index contributed by atoms with van der Waals surface area (Å²) in [6, 6.07) is 15.1. The summed E-state index contributed by atoms with van der Waals surface area (Å²) in [4.78, 5) is 5.06. The molecule has 0 spiro atoms. The molecule has 0 aliphatic carbocycles. The van der Waals surface area contributed by atoms with E-state index in [1.54, 1.807) is 7.11 Å². The third kappa shape index (κ3) is 4.99. The van der Waals surface area contributed by atoms with E-state index in [1.165, 1.54) is 16.7 Å². The van der Waals surface area contributed by atoms with Gasteiger partial charge in [0.15, 0.2) is 11.5 Å². The zero-order valence-electron chi connectivity index (χ0n) is 16.2. The van der Waals surface area contributed by atoms with Gasteiger partial charge >= 0.3 is 0 Å².